The standard InChI is InChI=1S/C22H24ClN5O4/c1-11-7-13(12(2)24-15-5-6-16(23)25-18(15)20(30)31)17-14(8-11)19(29)27(4)21(26-17)28-9-22(3,32)10-28/h5-8,12,24,32H,9-10H2,1-4H3,(H,30,31). The molecule has 1 saturated heterocycles. The summed E-state index contributed by atoms with van der Waals surface area (Å²) in [6.07, 6.45) is 0. The molecule has 32 heavy (non-hydrogen) atoms. The maximum atomic E-state index is 13.1. The van der Waals surface area contributed by atoms with E-state index in [1.165, 1.54) is 10.6 Å². The second-order valence-corrected chi connectivity index (χ2v) is 8.97. The van der Waals surface area contributed by atoms with Gasteiger partial charge in [-0.05, 0) is 44.5 Å². The number of carboxylic acids is 1. The Morgan fingerprint density at radius 1 is 1.28 bits per heavy atom. The van der Waals surface area contributed by atoms with Gasteiger partial charge in [-0.3, -0.25) is 9.36 Å². The maximum absolute atomic E-state index is 13.1. The number of benzene rings is 1. The third-order valence-corrected chi connectivity index (χ3v) is 5.79. The second kappa shape index (κ2) is 7.75. The summed E-state index contributed by atoms with van der Waals surface area (Å²) in [5.74, 6) is -0.721. The summed E-state index contributed by atoms with van der Waals surface area (Å²) >= 11 is 5.86. The van der Waals surface area contributed by atoms with Gasteiger partial charge in [0, 0.05) is 12.6 Å². The summed E-state index contributed by atoms with van der Waals surface area (Å²) < 4.78 is 1.49. The van der Waals surface area contributed by atoms with Gasteiger partial charge in [-0.2, -0.15) is 0 Å². The van der Waals surface area contributed by atoms with Crippen molar-refractivity contribution in [3.8, 4) is 0 Å². The van der Waals surface area contributed by atoms with Gasteiger partial charge in [-0.25, -0.2) is 14.8 Å². The van der Waals surface area contributed by atoms with Gasteiger partial charge in [0.15, 0.2) is 5.69 Å². The predicted molar refractivity (Wildman–Crippen MR) is 123 cm³/mol. The highest BCUT2D eigenvalue weighted by atomic mass is 35.5. The average Bonchev–Trinajstić information content (AvgIpc) is 2.69. The van der Waals surface area contributed by atoms with Crippen LogP contribution < -0.4 is 15.8 Å². The zero-order valence-corrected chi connectivity index (χ0v) is 18.9. The van der Waals surface area contributed by atoms with Crippen LogP contribution in [0.2, 0.25) is 5.15 Å². The molecule has 1 atom stereocenters. The Morgan fingerprint density at radius 3 is 2.59 bits per heavy atom. The van der Waals surface area contributed by atoms with Crippen molar-refractivity contribution in [3.05, 3.63) is 56.6 Å². The topological polar surface area (TPSA) is 121 Å². The number of nitrogens with zero attached hydrogens (tertiary/aromatic N) is 4. The number of carboxylic acid groups (broad SMARTS) is 1. The number of nitrogens with one attached hydrogen (secondary N) is 1. The molecule has 0 amide bonds. The van der Waals surface area contributed by atoms with Crippen molar-refractivity contribution in [1.82, 2.24) is 14.5 Å². The molecule has 0 radical (unpaired) electrons. The molecule has 4 rings (SSSR count). The molecule has 3 aromatic rings. The Kier molecular flexibility index (Phi) is 5.34. The Balaban J connectivity index is 1.81. The summed E-state index contributed by atoms with van der Waals surface area (Å²) in [6.45, 7) is 6.26. The number of rotatable bonds is 5. The van der Waals surface area contributed by atoms with E-state index in [0.717, 1.165) is 11.1 Å². The van der Waals surface area contributed by atoms with Gasteiger partial charge >= 0.3 is 5.97 Å². The first-order valence-corrected chi connectivity index (χ1v) is 10.5. The van der Waals surface area contributed by atoms with Gasteiger partial charge in [-0.15, -0.1) is 0 Å². The summed E-state index contributed by atoms with van der Waals surface area (Å²) in [5.41, 5.74) is 1.28. The predicted octanol–water partition coefficient (Wildman–Crippen LogP) is 2.73. The van der Waals surface area contributed by atoms with Crippen molar-refractivity contribution < 1.29 is 15.0 Å². The molecule has 0 bridgehead atoms. The first-order valence-electron chi connectivity index (χ1n) is 10.1. The van der Waals surface area contributed by atoms with Crippen LogP contribution >= 0.6 is 11.6 Å². The molecule has 1 aromatic carbocycles. The van der Waals surface area contributed by atoms with Gasteiger partial charge in [0.25, 0.3) is 5.56 Å². The van der Waals surface area contributed by atoms with Gasteiger partial charge < -0.3 is 20.4 Å². The number of hydrogen-bond acceptors (Lipinski definition) is 7. The largest absolute Gasteiger partial charge is 0.476 e. The number of aromatic nitrogens is 3. The van der Waals surface area contributed by atoms with Crippen LogP contribution in [0, 0.1) is 6.92 Å². The third-order valence-electron chi connectivity index (χ3n) is 5.58. The van der Waals surface area contributed by atoms with Gasteiger partial charge in [-0.1, -0.05) is 17.7 Å². The summed E-state index contributed by atoms with van der Waals surface area (Å²) in [6, 6.07) is 6.41. The van der Waals surface area contributed by atoms with E-state index in [2.05, 4.69) is 10.3 Å². The number of aryl methyl sites for hydroxylation is 1. The zero-order valence-electron chi connectivity index (χ0n) is 18.2. The Hall–Kier alpha value is -3.17. The van der Waals surface area contributed by atoms with Crippen LogP contribution in [0.25, 0.3) is 10.9 Å². The summed E-state index contributed by atoms with van der Waals surface area (Å²) in [4.78, 5) is 35.3. The van der Waals surface area contributed by atoms with Gasteiger partial charge in [0.2, 0.25) is 5.95 Å². The van der Waals surface area contributed by atoms with E-state index in [4.69, 9.17) is 16.6 Å². The van der Waals surface area contributed by atoms with Crippen molar-refractivity contribution in [2.45, 2.75) is 32.4 Å². The molecule has 9 nitrogen and oxygen atoms in total. The number of β-amino-alcohol motifs (C(OH)–C–C–N with tert-alkyl or cyclic N) is 1. The van der Waals surface area contributed by atoms with Crippen LogP contribution in [-0.4, -0.2) is 49.4 Å². The lowest BCUT2D eigenvalue weighted by Crippen LogP contribution is -2.61. The average molecular weight is 458 g/mol. The minimum absolute atomic E-state index is 0.0850. The quantitative estimate of drug-likeness (QED) is 0.500. The first kappa shape index (κ1) is 22.0. The van der Waals surface area contributed by atoms with E-state index >= 15 is 0 Å². The highest BCUT2D eigenvalue weighted by Gasteiger charge is 2.38. The Morgan fingerprint density at radius 2 is 1.97 bits per heavy atom. The molecule has 1 aliphatic rings. The first-order chi connectivity index (χ1) is 15.0. The number of fused-ring (bicyclic) bond motifs is 1. The SMILES string of the molecule is Cc1cc(C(C)Nc2ccc(Cl)nc2C(=O)O)c2nc(N3CC(C)(O)C3)n(C)c(=O)c2c1. The highest BCUT2D eigenvalue weighted by molar-refractivity contribution is 6.29. The minimum Gasteiger partial charge on any atom is -0.476 e. The Labute approximate surface area is 189 Å². The lowest BCUT2D eigenvalue weighted by atomic mass is 9.97. The number of anilines is 2. The molecular formula is C22H24ClN5O4. The number of aliphatic hydroxyl groups is 1. The van der Waals surface area contributed by atoms with E-state index in [1.54, 1.807) is 26.1 Å². The molecule has 0 saturated carbocycles. The van der Waals surface area contributed by atoms with Crippen LogP contribution in [0.3, 0.4) is 0 Å². The molecule has 168 valence electrons. The summed E-state index contributed by atoms with van der Waals surface area (Å²) in [7, 11) is 1.67. The molecule has 0 spiro atoms. The van der Waals surface area contributed by atoms with Crippen molar-refractivity contribution in [2.24, 2.45) is 7.05 Å². The fraction of sp³-hybridized carbons (Fsp3) is 0.364. The lowest BCUT2D eigenvalue weighted by Gasteiger charge is -2.45. The molecule has 1 aliphatic heterocycles. The molecular weight excluding hydrogens is 434 g/mol. The molecule has 3 N–H and O–H groups in total. The number of hydrogen-bond donors (Lipinski definition) is 3. The molecule has 1 fully saturated rings. The fourth-order valence-corrected chi connectivity index (χ4v) is 4.24. The van der Waals surface area contributed by atoms with E-state index in [1.807, 2.05) is 24.8 Å². The second-order valence-electron chi connectivity index (χ2n) is 8.58. The number of aromatic carboxylic acids is 1. The maximum Gasteiger partial charge on any atom is 0.356 e. The van der Waals surface area contributed by atoms with Gasteiger partial charge in [0.05, 0.1) is 41.3 Å². The van der Waals surface area contributed by atoms with Crippen molar-refractivity contribution in [1.29, 1.82) is 0 Å². The summed E-state index contributed by atoms with van der Waals surface area (Å²) in [5, 5.41) is 23.3. The number of halogens is 1. The fourth-order valence-electron chi connectivity index (χ4n) is 4.10. The highest BCUT2D eigenvalue weighted by Crippen LogP contribution is 2.31. The number of carbonyl (C=O) groups is 1. The van der Waals surface area contributed by atoms with Crippen molar-refractivity contribution in [2.75, 3.05) is 23.3 Å². The van der Waals surface area contributed by atoms with E-state index in [0.29, 0.717) is 35.6 Å². The minimum atomic E-state index is -1.20. The molecule has 2 aromatic heterocycles. The van der Waals surface area contributed by atoms with Crippen LogP contribution in [0.4, 0.5) is 11.6 Å². The van der Waals surface area contributed by atoms with E-state index < -0.39 is 11.6 Å². The smallest absolute Gasteiger partial charge is 0.356 e. The molecule has 3 heterocycles. The monoisotopic (exact) mass is 457 g/mol. The molecule has 1 unspecified atom stereocenters. The number of pyridine rings is 1. The zero-order chi connectivity index (χ0) is 23.4. The molecule has 10 heteroatoms. The normalized spacial score (nSPS) is 16.0. The van der Waals surface area contributed by atoms with Crippen molar-refractivity contribution in [3.63, 3.8) is 0 Å². The van der Waals surface area contributed by atoms with Crippen LogP contribution in [0.1, 0.15) is 41.5 Å². The third kappa shape index (κ3) is 3.89. The Bertz CT molecular complexity index is 1300. The molecule has 0 aliphatic carbocycles. The van der Waals surface area contributed by atoms with Gasteiger partial charge in [0.1, 0.15) is 5.15 Å². The van der Waals surface area contributed by atoms with E-state index in [9.17, 15) is 19.8 Å². The van der Waals surface area contributed by atoms with Crippen LogP contribution in [-0.2, 0) is 7.05 Å². The lowest BCUT2D eigenvalue weighted by molar-refractivity contribution is 0.0295. The van der Waals surface area contributed by atoms with Crippen molar-refractivity contribution >= 4 is 40.1 Å². The van der Waals surface area contributed by atoms with Crippen LogP contribution in [0.15, 0.2) is 29.1 Å². The van der Waals surface area contributed by atoms with E-state index in [-0.39, 0.29) is 22.4 Å². The van der Waals surface area contributed by atoms with Crippen LogP contribution in [0.5, 0.6) is 0 Å².